The predicted molar refractivity (Wildman–Crippen MR) is 54.2 cm³/mol. The zero-order valence-corrected chi connectivity index (χ0v) is 8.05. The standard InChI is InChI=1S/C11H14FN/c1-3-5-9-8-10(12)6-7-11(9)13-4-2/h4,6-8H,3,5H2,1-2H3. The molecule has 1 rings (SSSR count). The van der Waals surface area contributed by atoms with Gasteiger partial charge in [0.2, 0.25) is 0 Å². The Morgan fingerprint density at radius 1 is 1.46 bits per heavy atom. The quantitative estimate of drug-likeness (QED) is 0.630. The van der Waals surface area contributed by atoms with Gasteiger partial charge in [-0.05, 0) is 37.1 Å². The maximum Gasteiger partial charge on any atom is 0.123 e. The van der Waals surface area contributed by atoms with Crippen molar-refractivity contribution < 1.29 is 4.39 Å². The number of aryl methyl sites for hydroxylation is 1. The first-order chi connectivity index (χ1) is 6.27. The Labute approximate surface area is 78.3 Å². The minimum Gasteiger partial charge on any atom is -0.261 e. The Balaban J connectivity index is 3.02. The van der Waals surface area contributed by atoms with Gasteiger partial charge in [-0.25, -0.2) is 4.39 Å². The Hall–Kier alpha value is -1.18. The minimum atomic E-state index is -0.182. The summed E-state index contributed by atoms with van der Waals surface area (Å²) in [6, 6.07) is 4.73. The number of rotatable bonds is 3. The summed E-state index contributed by atoms with van der Waals surface area (Å²) in [5, 5.41) is 0. The first-order valence-corrected chi connectivity index (χ1v) is 4.55. The smallest absolute Gasteiger partial charge is 0.123 e. The summed E-state index contributed by atoms with van der Waals surface area (Å²) < 4.78 is 12.9. The molecule has 0 aromatic heterocycles. The molecule has 0 unspecified atom stereocenters. The van der Waals surface area contributed by atoms with Gasteiger partial charge in [-0.15, -0.1) is 0 Å². The van der Waals surface area contributed by atoms with Crippen LogP contribution in [0.5, 0.6) is 0 Å². The van der Waals surface area contributed by atoms with Gasteiger partial charge in [-0.2, -0.15) is 0 Å². The van der Waals surface area contributed by atoms with E-state index in [9.17, 15) is 4.39 Å². The van der Waals surface area contributed by atoms with Crippen molar-refractivity contribution in [1.82, 2.24) is 0 Å². The van der Waals surface area contributed by atoms with Crippen LogP contribution in [0.15, 0.2) is 23.2 Å². The Kier molecular flexibility index (Phi) is 3.62. The van der Waals surface area contributed by atoms with Crippen molar-refractivity contribution in [1.29, 1.82) is 0 Å². The molecule has 0 atom stereocenters. The van der Waals surface area contributed by atoms with Crippen molar-refractivity contribution >= 4 is 11.9 Å². The minimum absolute atomic E-state index is 0.182. The van der Waals surface area contributed by atoms with Crippen LogP contribution in [0.2, 0.25) is 0 Å². The van der Waals surface area contributed by atoms with E-state index < -0.39 is 0 Å². The maximum absolute atomic E-state index is 12.9. The summed E-state index contributed by atoms with van der Waals surface area (Å²) in [5.74, 6) is -0.182. The Bertz CT molecular complexity index is 305. The van der Waals surface area contributed by atoms with Crippen LogP contribution < -0.4 is 0 Å². The van der Waals surface area contributed by atoms with E-state index in [2.05, 4.69) is 11.9 Å². The van der Waals surface area contributed by atoms with E-state index in [-0.39, 0.29) is 5.82 Å². The fourth-order valence-corrected chi connectivity index (χ4v) is 1.29. The van der Waals surface area contributed by atoms with Crippen LogP contribution in [0, 0.1) is 5.82 Å². The molecule has 0 heterocycles. The second-order valence-electron chi connectivity index (χ2n) is 2.91. The molecule has 0 aliphatic rings. The number of aliphatic imine (C=N–C) groups is 1. The second-order valence-corrected chi connectivity index (χ2v) is 2.91. The van der Waals surface area contributed by atoms with Crippen LogP contribution >= 0.6 is 0 Å². The average Bonchev–Trinajstić information content (AvgIpc) is 2.10. The third-order valence-corrected chi connectivity index (χ3v) is 1.83. The van der Waals surface area contributed by atoms with E-state index in [4.69, 9.17) is 0 Å². The van der Waals surface area contributed by atoms with Crippen molar-refractivity contribution in [2.45, 2.75) is 26.7 Å². The van der Waals surface area contributed by atoms with Crippen molar-refractivity contribution in [2.24, 2.45) is 4.99 Å². The highest BCUT2D eigenvalue weighted by atomic mass is 19.1. The van der Waals surface area contributed by atoms with E-state index in [0.29, 0.717) is 0 Å². The molecule has 0 aliphatic carbocycles. The molecule has 13 heavy (non-hydrogen) atoms. The lowest BCUT2D eigenvalue weighted by Gasteiger charge is -2.03. The van der Waals surface area contributed by atoms with Gasteiger partial charge in [-0.3, -0.25) is 4.99 Å². The lowest BCUT2D eigenvalue weighted by Crippen LogP contribution is -1.86. The molecule has 1 aromatic carbocycles. The molecular weight excluding hydrogens is 165 g/mol. The highest BCUT2D eigenvalue weighted by Crippen LogP contribution is 2.21. The molecule has 0 amide bonds. The third kappa shape index (κ3) is 2.65. The van der Waals surface area contributed by atoms with Crippen LogP contribution in [0.3, 0.4) is 0 Å². The molecule has 70 valence electrons. The van der Waals surface area contributed by atoms with Crippen LogP contribution in [0.4, 0.5) is 10.1 Å². The fraction of sp³-hybridized carbons (Fsp3) is 0.364. The van der Waals surface area contributed by atoms with Gasteiger partial charge < -0.3 is 0 Å². The summed E-state index contributed by atoms with van der Waals surface area (Å²) >= 11 is 0. The van der Waals surface area contributed by atoms with E-state index >= 15 is 0 Å². The summed E-state index contributed by atoms with van der Waals surface area (Å²) in [7, 11) is 0. The molecule has 2 heteroatoms. The number of benzene rings is 1. The van der Waals surface area contributed by atoms with Crippen LogP contribution in [-0.2, 0) is 6.42 Å². The van der Waals surface area contributed by atoms with E-state index in [1.54, 1.807) is 18.3 Å². The normalized spacial score (nSPS) is 11.0. The van der Waals surface area contributed by atoms with E-state index in [1.807, 2.05) is 6.92 Å². The van der Waals surface area contributed by atoms with Gasteiger partial charge in [0.05, 0.1) is 5.69 Å². The zero-order chi connectivity index (χ0) is 9.68. The SMILES string of the molecule is CC=Nc1ccc(F)cc1CCC. The monoisotopic (exact) mass is 179 g/mol. The second kappa shape index (κ2) is 4.75. The number of halogens is 1. The third-order valence-electron chi connectivity index (χ3n) is 1.83. The molecule has 0 N–H and O–H groups in total. The average molecular weight is 179 g/mol. The Morgan fingerprint density at radius 2 is 2.23 bits per heavy atom. The van der Waals surface area contributed by atoms with E-state index in [1.165, 1.54) is 6.07 Å². The fourth-order valence-electron chi connectivity index (χ4n) is 1.29. The molecule has 0 saturated heterocycles. The predicted octanol–water partition coefficient (Wildman–Crippen LogP) is 3.50. The first kappa shape index (κ1) is 9.90. The summed E-state index contributed by atoms with van der Waals surface area (Å²) in [6.45, 7) is 3.93. The largest absolute Gasteiger partial charge is 0.261 e. The van der Waals surface area contributed by atoms with Crippen LogP contribution in [0.25, 0.3) is 0 Å². The van der Waals surface area contributed by atoms with Crippen LogP contribution in [-0.4, -0.2) is 6.21 Å². The number of hydrogen-bond donors (Lipinski definition) is 0. The van der Waals surface area contributed by atoms with Gasteiger partial charge in [0, 0.05) is 6.21 Å². The zero-order valence-electron chi connectivity index (χ0n) is 8.05. The molecule has 0 bridgehead atoms. The molecule has 0 fully saturated rings. The van der Waals surface area contributed by atoms with Crippen molar-refractivity contribution in [3.63, 3.8) is 0 Å². The molecule has 0 saturated carbocycles. The summed E-state index contributed by atoms with van der Waals surface area (Å²) in [6.07, 6.45) is 3.62. The highest BCUT2D eigenvalue weighted by Gasteiger charge is 2.00. The maximum atomic E-state index is 12.9. The van der Waals surface area contributed by atoms with Crippen molar-refractivity contribution in [3.05, 3.63) is 29.6 Å². The molecule has 1 nitrogen and oxygen atoms in total. The number of hydrogen-bond acceptors (Lipinski definition) is 1. The number of nitrogens with zero attached hydrogens (tertiary/aromatic N) is 1. The van der Waals surface area contributed by atoms with Crippen LogP contribution in [0.1, 0.15) is 25.8 Å². The van der Waals surface area contributed by atoms with E-state index in [0.717, 1.165) is 24.1 Å². The van der Waals surface area contributed by atoms with Gasteiger partial charge in [-0.1, -0.05) is 13.3 Å². The molecule has 0 radical (unpaired) electrons. The molecule has 1 aromatic rings. The molecule has 0 spiro atoms. The Morgan fingerprint density at radius 3 is 2.85 bits per heavy atom. The lowest BCUT2D eigenvalue weighted by atomic mass is 10.1. The molecule has 0 aliphatic heterocycles. The summed E-state index contributed by atoms with van der Waals surface area (Å²) in [4.78, 5) is 4.17. The first-order valence-electron chi connectivity index (χ1n) is 4.55. The van der Waals surface area contributed by atoms with Crippen molar-refractivity contribution in [2.75, 3.05) is 0 Å². The van der Waals surface area contributed by atoms with Gasteiger partial charge in [0.1, 0.15) is 5.82 Å². The molecular formula is C11H14FN. The summed E-state index contributed by atoms with van der Waals surface area (Å²) in [5.41, 5.74) is 1.87. The van der Waals surface area contributed by atoms with Gasteiger partial charge >= 0.3 is 0 Å². The lowest BCUT2D eigenvalue weighted by molar-refractivity contribution is 0.625. The van der Waals surface area contributed by atoms with Crippen molar-refractivity contribution in [3.8, 4) is 0 Å². The van der Waals surface area contributed by atoms with Gasteiger partial charge in [0.25, 0.3) is 0 Å². The topological polar surface area (TPSA) is 12.4 Å². The van der Waals surface area contributed by atoms with Gasteiger partial charge in [0.15, 0.2) is 0 Å². The highest BCUT2D eigenvalue weighted by molar-refractivity contribution is 5.62.